The summed E-state index contributed by atoms with van der Waals surface area (Å²) in [5.41, 5.74) is 9.67. The van der Waals surface area contributed by atoms with E-state index in [0.717, 1.165) is 45.0 Å². The maximum atomic E-state index is 5.27. The molecule has 0 aliphatic heterocycles. The first-order chi connectivity index (χ1) is 21.3. The lowest BCUT2D eigenvalue weighted by molar-refractivity contribution is 1.19. The van der Waals surface area contributed by atoms with Gasteiger partial charge in [-0.25, -0.2) is 9.97 Å². The van der Waals surface area contributed by atoms with Crippen molar-refractivity contribution in [2.75, 3.05) is 0 Å². The Bertz CT molecular complexity index is 2220. The average molecular weight is 567 g/mol. The minimum atomic E-state index is 0.720. The predicted octanol–water partition coefficient (Wildman–Crippen LogP) is 11.2. The molecule has 0 unspecified atom stereocenters. The molecule has 0 atom stereocenters. The van der Waals surface area contributed by atoms with Gasteiger partial charge in [-0.05, 0) is 34.4 Å². The fourth-order valence-electron chi connectivity index (χ4n) is 5.81. The number of benzene rings is 6. The van der Waals surface area contributed by atoms with Crippen LogP contribution in [0.15, 0.2) is 158 Å². The summed E-state index contributed by atoms with van der Waals surface area (Å²) < 4.78 is 2.53. The van der Waals surface area contributed by atoms with Crippen molar-refractivity contribution in [3.05, 3.63) is 158 Å². The summed E-state index contributed by atoms with van der Waals surface area (Å²) in [6.45, 7) is 0. The Morgan fingerprint density at radius 3 is 1.72 bits per heavy atom. The molecule has 3 heteroatoms. The van der Waals surface area contributed by atoms with Gasteiger partial charge in [-0.3, -0.25) is 0 Å². The molecule has 0 saturated heterocycles. The molecule has 202 valence electrons. The second kappa shape index (κ2) is 10.8. The smallest absolute Gasteiger partial charge is 0.161 e. The number of nitrogens with zero attached hydrogens (tertiary/aromatic N) is 2. The van der Waals surface area contributed by atoms with Gasteiger partial charge >= 0.3 is 0 Å². The summed E-state index contributed by atoms with van der Waals surface area (Å²) in [4.78, 5) is 10.5. The van der Waals surface area contributed by atoms with Gasteiger partial charge in [0, 0.05) is 36.9 Å². The van der Waals surface area contributed by atoms with Crippen LogP contribution < -0.4 is 0 Å². The van der Waals surface area contributed by atoms with Crippen molar-refractivity contribution in [3.8, 4) is 56.2 Å². The lowest BCUT2D eigenvalue weighted by atomic mass is 9.98. The Morgan fingerprint density at radius 2 is 0.930 bits per heavy atom. The topological polar surface area (TPSA) is 25.8 Å². The molecule has 0 fully saturated rings. The highest BCUT2D eigenvalue weighted by molar-refractivity contribution is 7.26. The number of hydrogen-bond donors (Lipinski definition) is 0. The van der Waals surface area contributed by atoms with Crippen LogP contribution in [0.1, 0.15) is 0 Å². The van der Waals surface area contributed by atoms with E-state index in [9.17, 15) is 0 Å². The van der Waals surface area contributed by atoms with Crippen LogP contribution in [0, 0.1) is 0 Å². The van der Waals surface area contributed by atoms with Gasteiger partial charge in [0.15, 0.2) is 5.82 Å². The molecule has 0 N–H and O–H groups in total. The van der Waals surface area contributed by atoms with E-state index < -0.39 is 0 Å². The van der Waals surface area contributed by atoms with E-state index >= 15 is 0 Å². The van der Waals surface area contributed by atoms with Crippen LogP contribution in [0.2, 0.25) is 0 Å². The summed E-state index contributed by atoms with van der Waals surface area (Å²) in [5, 5.41) is 2.54. The quantitative estimate of drug-likeness (QED) is 0.207. The maximum Gasteiger partial charge on any atom is 0.161 e. The highest BCUT2D eigenvalue weighted by Crippen LogP contribution is 2.41. The molecule has 0 bridgehead atoms. The molecule has 8 aromatic rings. The van der Waals surface area contributed by atoms with Crippen molar-refractivity contribution >= 4 is 31.5 Å². The number of hydrogen-bond acceptors (Lipinski definition) is 3. The molecule has 0 saturated carbocycles. The molecule has 0 radical (unpaired) electrons. The number of fused-ring (bicyclic) bond motifs is 3. The highest BCUT2D eigenvalue weighted by atomic mass is 32.1. The fraction of sp³-hybridized carbons (Fsp3) is 0. The molecular formula is C40H26N2S. The van der Waals surface area contributed by atoms with Crippen LogP contribution in [-0.4, -0.2) is 9.97 Å². The van der Waals surface area contributed by atoms with E-state index in [1.54, 1.807) is 0 Å². The van der Waals surface area contributed by atoms with Gasteiger partial charge in [0.2, 0.25) is 0 Å². The predicted molar refractivity (Wildman–Crippen MR) is 182 cm³/mol. The summed E-state index contributed by atoms with van der Waals surface area (Å²) in [6.07, 6.45) is 0. The highest BCUT2D eigenvalue weighted by Gasteiger charge is 2.17. The van der Waals surface area contributed by atoms with Crippen LogP contribution in [0.3, 0.4) is 0 Å². The van der Waals surface area contributed by atoms with Crippen LogP contribution in [-0.2, 0) is 0 Å². The monoisotopic (exact) mass is 566 g/mol. The molecule has 0 amide bonds. The largest absolute Gasteiger partial charge is 0.228 e. The van der Waals surface area contributed by atoms with Crippen LogP contribution in [0.5, 0.6) is 0 Å². The molecule has 43 heavy (non-hydrogen) atoms. The lowest BCUT2D eigenvalue weighted by Crippen LogP contribution is -1.97. The molecule has 2 aromatic heterocycles. The van der Waals surface area contributed by atoms with Crippen LogP contribution >= 0.6 is 11.3 Å². The van der Waals surface area contributed by atoms with Crippen LogP contribution in [0.4, 0.5) is 0 Å². The van der Waals surface area contributed by atoms with E-state index in [1.165, 1.54) is 31.3 Å². The van der Waals surface area contributed by atoms with Crippen molar-refractivity contribution in [3.63, 3.8) is 0 Å². The Labute approximate surface area is 254 Å². The van der Waals surface area contributed by atoms with Crippen LogP contribution in [0.25, 0.3) is 76.3 Å². The molecule has 2 heterocycles. The molecule has 0 spiro atoms. The third kappa shape index (κ3) is 4.70. The van der Waals surface area contributed by atoms with Gasteiger partial charge in [-0.15, -0.1) is 11.3 Å². The lowest BCUT2D eigenvalue weighted by Gasteiger charge is -2.13. The first-order valence-electron chi connectivity index (χ1n) is 14.4. The standard InChI is InChI=1S/C40H26N2S/c1-3-12-27(13-4-1)28-22-24-30(25-23-28)36-26-37(35-20-11-19-33-32-17-9-10-21-38(32)43-39(33)35)42-40(41-36)34-18-8-7-16-31(34)29-14-5-2-6-15-29/h1-26H. The summed E-state index contributed by atoms with van der Waals surface area (Å²) >= 11 is 1.83. The van der Waals surface area contributed by atoms with Gasteiger partial charge in [0.25, 0.3) is 0 Å². The first kappa shape index (κ1) is 25.3. The minimum absolute atomic E-state index is 0.720. The zero-order chi connectivity index (χ0) is 28.6. The normalized spacial score (nSPS) is 11.3. The minimum Gasteiger partial charge on any atom is -0.228 e. The van der Waals surface area contributed by atoms with E-state index in [2.05, 4.69) is 146 Å². The Balaban J connectivity index is 1.34. The van der Waals surface area contributed by atoms with Gasteiger partial charge < -0.3 is 0 Å². The van der Waals surface area contributed by atoms with Crippen molar-refractivity contribution in [2.24, 2.45) is 0 Å². The van der Waals surface area contributed by atoms with Gasteiger partial charge in [-0.2, -0.15) is 0 Å². The van der Waals surface area contributed by atoms with Gasteiger partial charge in [0.05, 0.1) is 11.4 Å². The Morgan fingerprint density at radius 1 is 0.372 bits per heavy atom. The van der Waals surface area contributed by atoms with Crippen molar-refractivity contribution in [1.82, 2.24) is 9.97 Å². The molecule has 2 nitrogen and oxygen atoms in total. The van der Waals surface area contributed by atoms with Crippen molar-refractivity contribution in [1.29, 1.82) is 0 Å². The van der Waals surface area contributed by atoms with E-state index in [0.29, 0.717) is 0 Å². The molecule has 0 aliphatic rings. The van der Waals surface area contributed by atoms with E-state index in [-0.39, 0.29) is 0 Å². The SMILES string of the molecule is c1ccc(-c2ccc(-c3cc(-c4cccc5c4sc4ccccc45)nc(-c4ccccc4-c4ccccc4)n3)cc2)cc1. The zero-order valence-electron chi connectivity index (χ0n) is 23.3. The molecule has 6 aromatic carbocycles. The Kier molecular flexibility index (Phi) is 6.36. The first-order valence-corrected chi connectivity index (χ1v) is 15.2. The average Bonchev–Trinajstić information content (AvgIpc) is 3.48. The zero-order valence-corrected chi connectivity index (χ0v) is 24.1. The van der Waals surface area contributed by atoms with E-state index in [1.807, 2.05) is 23.5 Å². The summed E-state index contributed by atoms with van der Waals surface area (Å²) in [7, 11) is 0. The third-order valence-corrected chi connectivity index (χ3v) is 9.17. The second-order valence-electron chi connectivity index (χ2n) is 10.6. The number of aromatic nitrogens is 2. The van der Waals surface area contributed by atoms with Crippen molar-refractivity contribution < 1.29 is 0 Å². The Hall–Kier alpha value is -5.38. The maximum absolute atomic E-state index is 5.27. The summed E-state index contributed by atoms with van der Waals surface area (Å²) in [5.74, 6) is 0.720. The summed E-state index contributed by atoms with van der Waals surface area (Å²) in [6, 6.07) is 55.4. The number of rotatable bonds is 5. The fourth-order valence-corrected chi connectivity index (χ4v) is 7.04. The number of thiophene rings is 1. The molecular weight excluding hydrogens is 541 g/mol. The third-order valence-electron chi connectivity index (χ3n) is 7.95. The second-order valence-corrected chi connectivity index (χ2v) is 11.6. The molecule has 0 aliphatic carbocycles. The van der Waals surface area contributed by atoms with Gasteiger partial charge in [-0.1, -0.05) is 146 Å². The van der Waals surface area contributed by atoms with Crippen molar-refractivity contribution in [2.45, 2.75) is 0 Å². The molecule has 8 rings (SSSR count). The van der Waals surface area contributed by atoms with E-state index in [4.69, 9.17) is 9.97 Å². The van der Waals surface area contributed by atoms with Gasteiger partial charge in [0.1, 0.15) is 0 Å².